The molecule has 7 nitrogen and oxygen atoms in total. The van der Waals surface area contributed by atoms with E-state index in [-0.39, 0.29) is 24.3 Å². The normalized spacial score (nSPS) is 13.1. The van der Waals surface area contributed by atoms with Gasteiger partial charge >= 0.3 is 5.63 Å². The van der Waals surface area contributed by atoms with Crippen molar-refractivity contribution in [1.29, 1.82) is 0 Å². The number of hydrogen-bond donors (Lipinski definition) is 1. The second-order valence-corrected chi connectivity index (χ2v) is 8.45. The molecule has 2 aromatic carbocycles. The van der Waals surface area contributed by atoms with Crippen LogP contribution in [-0.2, 0) is 9.53 Å². The molecule has 174 valence electrons. The summed E-state index contributed by atoms with van der Waals surface area (Å²) in [5.41, 5.74) is 2.48. The molecule has 0 saturated heterocycles. The standard InChI is InChI=1S/C27H27N3O4/c1-17(2)24(26-29-20-14-9-10-18(3)23(20)27(32)34-26)30-22(31)16-33-25(19-11-5-4-6-12-19)21-13-7-8-15-28-21/h4-15,17,24-25H,16H2,1-3H3,(H,30,31)/t24-,25?/m0/s1. The molecule has 0 bridgehead atoms. The summed E-state index contributed by atoms with van der Waals surface area (Å²) < 4.78 is 11.5. The summed E-state index contributed by atoms with van der Waals surface area (Å²) in [7, 11) is 0. The van der Waals surface area contributed by atoms with Crippen LogP contribution in [0.25, 0.3) is 10.9 Å². The fourth-order valence-corrected chi connectivity index (χ4v) is 3.83. The van der Waals surface area contributed by atoms with Gasteiger partial charge in [0.2, 0.25) is 11.8 Å². The topological polar surface area (TPSA) is 94.3 Å². The summed E-state index contributed by atoms with van der Waals surface area (Å²) in [5.74, 6) is -0.234. The van der Waals surface area contributed by atoms with Crippen LogP contribution in [0.4, 0.5) is 0 Å². The van der Waals surface area contributed by atoms with Crippen LogP contribution in [0.2, 0.25) is 0 Å². The smallest absolute Gasteiger partial charge is 0.347 e. The van der Waals surface area contributed by atoms with Gasteiger partial charge in [0, 0.05) is 6.20 Å². The van der Waals surface area contributed by atoms with Crippen molar-refractivity contribution in [2.24, 2.45) is 5.92 Å². The monoisotopic (exact) mass is 457 g/mol. The Bertz CT molecular complexity index is 1280. The largest absolute Gasteiger partial charge is 0.406 e. The molecule has 0 saturated carbocycles. The number of carbonyl (C=O) groups excluding carboxylic acids is 1. The van der Waals surface area contributed by atoms with Crippen molar-refractivity contribution in [2.75, 3.05) is 6.61 Å². The van der Waals surface area contributed by atoms with Crippen LogP contribution in [-0.4, -0.2) is 22.5 Å². The van der Waals surface area contributed by atoms with Gasteiger partial charge in [-0.05, 0) is 42.2 Å². The first-order chi connectivity index (χ1) is 16.4. The Hall–Kier alpha value is -3.84. The van der Waals surface area contributed by atoms with E-state index in [2.05, 4.69) is 15.3 Å². The van der Waals surface area contributed by atoms with Crippen molar-refractivity contribution in [2.45, 2.75) is 32.9 Å². The van der Waals surface area contributed by atoms with E-state index in [1.165, 1.54) is 0 Å². The summed E-state index contributed by atoms with van der Waals surface area (Å²) in [6.45, 7) is 5.49. The number of ether oxygens (including phenoxy) is 1. The molecule has 0 aliphatic rings. The number of carbonyl (C=O) groups is 1. The summed E-state index contributed by atoms with van der Waals surface area (Å²) in [6, 6.07) is 20.1. The predicted molar refractivity (Wildman–Crippen MR) is 129 cm³/mol. The molecule has 1 unspecified atom stereocenters. The molecule has 1 N–H and O–H groups in total. The Kier molecular flexibility index (Phi) is 7.13. The van der Waals surface area contributed by atoms with Crippen LogP contribution >= 0.6 is 0 Å². The predicted octanol–water partition coefficient (Wildman–Crippen LogP) is 4.51. The van der Waals surface area contributed by atoms with Crippen molar-refractivity contribution in [1.82, 2.24) is 15.3 Å². The summed E-state index contributed by atoms with van der Waals surface area (Å²) >= 11 is 0. The number of fused-ring (bicyclic) bond motifs is 1. The molecular weight excluding hydrogens is 430 g/mol. The van der Waals surface area contributed by atoms with Crippen LogP contribution in [0.3, 0.4) is 0 Å². The SMILES string of the molecule is Cc1cccc2nc([C@@H](NC(=O)COC(c3ccccc3)c3ccccn3)C(C)C)oc(=O)c12. The average Bonchev–Trinajstić information content (AvgIpc) is 2.83. The molecule has 7 heteroatoms. The number of benzene rings is 2. The van der Waals surface area contributed by atoms with Gasteiger partial charge in [-0.2, -0.15) is 0 Å². The minimum absolute atomic E-state index is 0.0671. The summed E-state index contributed by atoms with van der Waals surface area (Å²) in [4.78, 5) is 34.4. The third-order valence-electron chi connectivity index (χ3n) is 5.57. The van der Waals surface area contributed by atoms with E-state index in [0.29, 0.717) is 16.6 Å². The molecule has 0 aliphatic heterocycles. The van der Waals surface area contributed by atoms with Crippen molar-refractivity contribution in [3.05, 3.63) is 106 Å². The third-order valence-corrected chi connectivity index (χ3v) is 5.57. The van der Waals surface area contributed by atoms with E-state index >= 15 is 0 Å². The number of nitrogens with one attached hydrogen (secondary N) is 1. The minimum Gasteiger partial charge on any atom is -0.406 e. The van der Waals surface area contributed by atoms with Gasteiger partial charge in [0.25, 0.3) is 0 Å². The van der Waals surface area contributed by atoms with Gasteiger partial charge in [0.1, 0.15) is 18.8 Å². The van der Waals surface area contributed by atoms with E-state index < -0.39 is 17.8 Å². The molecule has 0 radical (unpaired) electrons. The quantitative estimate of drug-likeness (QED) is 0.418. The zero-order valence-corrected chi connectivity index (χ0v) is 19.4. The number of pyridine rings is 1. The van der Waals surface area contributed by atoms with Crippen molar-refractivity contribution in [3.8, 4) is 0 Å². The fraction of sp³-hybridized carbons (Fsp3) is 0.259. The van der Waals surface area contributed by atoms with Crippen LogP contribution in [0, 0.1) is 12.8 Å². The minimum atomic E-state index is -0.585. The Morgan fingerprint density at radius 2 is 1.79 bits per heavy atom. The highest BCUT2D eigenvalue weighted by atomic mass is 16.5. The zero-order valence-electron chi connectivity index (χ0n) is 19.4. The van der Waals surface area contributed by atoms with Gasteiger partial charge in [0.15, 0.2) is 0 Å². The number of nitrogens with zero attached hydrogens (tertiary/aromatic N) is 2. The number of hydrogen-bond acceptors (Lipinski definition) is 6. The first-order valence-corrected chi connectivity index (χ1v) is 11.2. The number of aryl methyl sites for hydroxylation is 1. The molecule has 4 rings (SSSR count). The lowest BCUT2D eigenvalue weighted by Gasteiger charge is -2.22. The zero-order chi connectivity index (χ0) is 24.1. The van der Waals surface area contributed by atoms with Crippen LogP contribution in [0.1, 0.15) is 48.7 Å². The van der Waals surface area contributed by atoms with E-state index in [1.54, 1.807) is 12.3 Å². The Balaban J connectivity index is 1.53. The van der Waals surface area contributed by atoms with E-state index in [9.17, 15) is 9.59 Å². The van der Waals surface area contributed by atoms with Gasteiger partial charge < -0.3 is 14.5 Å². The Morgan fingerprint density at radius 3 is 2.50 bits per heavy atom. The molecule has 0 spiro atoms. The highest BCUT2D eigenvalue weighted by Crippen LogP contribution is 2.25. The maximum absolute atomic E-state index is 12.9. The Labute approximate surface area is 197 Å². The van der Waals surface area contributed by atoms with Crippen molar-refractivity contribution in [3.63, 3.8) is 0 Å². The van der Waals surface area contributed by atoms with Crippen LogP contribution < -0.4 is 10.9 Å². The second-order valence-electron chi connectivity index (χ2n) is 8.45. The van der Waals surface area contributed by atoms with Gasteiger partial charge in [-0.1, -0.05) is 62.4 Å². The van der Waals surface area contributed by atoms with E-state index in [0.717, 1.165) is 11.1 Å². The van der Waals surface area contributed by atoms with Crippen molar-refractivity contribution < 1.29 is 13.9 Å². The van der Waals surface area contributed by atoms with Crippen LogP contribution in [0.5, 0.6) is 0 Å². The number of rotatable bonds is 8. The van der Waals surface area contributed by atoms with Gasteiger partial charge in [-0.25, -0.2) is 9.78 Å². The fourth-order valence-electron chi connectivity index (χ4n) is 3.83. The van der Waals surface area contributed by atoms with Crippen LogP contribution in [0.15, 0.2) is 82.1 Å². The number of amides is 1. The molecule has 2 aromatic heterocycles. The first kappa shape index (κ1) is 23.3. The van der Waals surface area contributed by atoms with Gasteiger partial charge in [0.05, 0.1) is 16.6 Å². The first-order valence-electron chi connectivity index (χ1n) is 11.2. The van der Waals surface area contributed by atoms with Gasteiger partial charge in [-0.15, -0.1) is 0 Å². The summed E-state index contributed by atoms with van der Waals surface area (Å²) in [5, 5.41) is 3.37. The number of aromatic nitrogens is 2. The Morgan fingerprint density at radius 1 is 1.03 bits per heavy atom. The maximum atomic E-state index is 12.9. The summed E-state index contributed by atoms with van der Waals surface area (Å²) in [6.07, 6.45) is 1.20. The second kappa shape index (κ2) is 10.4. The lowest BCUT2D eigenvalue weighted by Crippen LogP contribution is -2.35. The lowest BCUT2D eigenvalue weighted by molar-refractivity contribution is -0.128. The third kappa shape index (κ3) is 5.21. The highest BCUT2D eigenvalue weighted by molar-refractivity contribution is 5.81. The molecule has 1 amide bonds. The van der Waals surface area contributed by atoms with Gasteiger partial charge in [-0.3, -0.25) is 9.78 Å². The van der Waals surface area contributed by atoms with E-state index in [4.69, 9.17) is 9.15 Å². The molecule has 2 atom stereocenters. The van der Waals surface area contributed by atoms with Crippen molar-refractivity contribution >= 4 is 16.8 Å². The van der Waals surface area contributed by atoms with E-state index in [1.807, 2.05) is 81.4 Å². The molecular formula is C27H27N3O4. The molecule has 0 fully saturated rings. The average molecular weight is 458 g/mol. The molecule has 2 heterocycles. The molecule has 0 aliphatic carbocycles. The lowest BCUT2D eigenvalue weighted by atomic mass is 10.0. The maximum Gasteiger partial charge on any atom is 0.347 e. The molecule has 4 aromatic rings. The molecule has 34 heavy (non-hydrogen) atoms. The highest BCUT2D eigenvalue weighted by Gasteiger charge is 2.25.